The van der Waals surface area contributed by atoms with Gasteiger partial charge in [-0.1, -0.05) is 51.1 Å². The number of nitrogens with zero attached hydrogens (tertiary/aromatic N) is 4. The Bertz CT molecular complexity index is 1800. The normalized spacial score (nSPS) is 17.8. The van der Waals surface area contributed by atoms with Crippen molar-refractivity contribution in [1.82, 2.24) is 25.0 Å². The molecule has 1 fully saturated rings. The second-order valence-electron chi connectivity index (χ2n) is 14.7. The zero-order chi connectivity index (χ0) is 37.8. The fraction of sp³-hybridized carbons (Fsp3) is 0.450. The van der Waals surface area contributed by atoms with Crippen LogP contribution in [0.2, 0.25) is 0 Å². The van der Waals surface area contributed by atoms with Gasteiger partial charge in [0.15, 0.2) is 0 Å². The van der Waals surface area contributed by atoms with E-state index in [0.717, 1.165) is 50.9 Å². The molecule has 52 heavy (non-hydrogen) atoms. The van der Waals surface area contributed by atoms with Crippen molar-refractivity contribution in [3.8, 4) is 11.5 Å². The first-order valence-corrected chi connectivity index (χ1v) is 18.1. The maximum Gasteiger partial charge on any atom is 0.320 e. The third-order valence-electron chi connectivity index (χ3n) is 9.19. The lowest BCUT2D eigenvalue weighted by atomic mass is 9.88. The van der Waals surface area contributed by atoms with Gasteiger partial charge >= 0.3 is 6.03 Å². The molecule has 1 aromatic heterocycles. The molecule has 0 bridgehead atoms. The van der Waals surface area contributed by atoms with Gasteiger partial charge in [-0.05, 0) is 94.9 Å². The van der Waals surface area contributed by atoms with Gasteiger partial charge in [0, 0.05) is 45.2 Å². The summed E-state index contributed by atoms with van der Waals surface area (Å²) in [4.78, 5) is 21.8. The lowest BCUT2D eigenvalue weighted by Gasteiger charge is -2.35. The van der Waals surface area contributed by atoms with Crippen LogP contribution < -0.4 is 26.6 Å². The number of benzene rings is 2. The van der Waals surface area contributed by atoms with Crippen molar-refractivity contribution >= 4 is 23.5 Å². The Morgan fingerprint density at radius 1 is 1.12 bits per heavy atom. The summed E-state index contributed by atoms with van der Waals surface area (Å²) in [6.07, 6.45) is 9.50. The van der Waals surface area contributed by atoms with E-state index in [4.69, 9.17) is 26.3 Å². The highest BCUT2D eigenvalue weighted by Crippen LogP contribution is 2.29. The van der Waals surface area contributed by atoms with Gasteiger partial charge in [-0.3, -0.25) is 20.7 Å². The van der Waals surface area contributed by atoms with Crippen LogP contribution in [0, 0.1) is 16.2 Å². The van der Waals surface area contributed by atoms with Crippen LogP contribution in [0.1, 0.15) is 79.8 Å². The number of hydrogen-bond donors (Lipinski definition) is 6. The van der Waals surface area contributed by atoms with Crippen LogP contribution in [0.3, 0.4) is 0 Å². The standard InChI is InChI=1S/C28H39N5O2.C12H18N4O.2H2/c1-28(2,3)25(29)19-26(30-21-12-9-13-22(18-21)35-17-16-33(4)5)32-27(34)31-24-15-8-11-20-10-6-7-14-23(20)24;1-9-4-2-3-7-15(9)12(14)16-8-10(17)5-6-11(16)13;;/h6-7,9-10,12-14,18-19,24H,8,11,15-17,29H2,1-5H3,(H2,30,31,32,34);5-6,8-9,13-14,17H,2-4,7H2,1H3;2*1H/b25-19-;;;/t24-;9-;;/m00../s1. The highest BCUT2D eigenvalue weighted by atomic mass is 16.5. The molecule has 0 radical (unpaired) electrons. The van der Waals surface area contributed by atoms with Crippen molar-refractivity contribution in [3.05, 3.63) is 95.2 Å². The number of amidine groups is 1. The number of likely N-dealkylation sites (N-methyl/N-ethyl adjacent to an activating group) is 1. The number of allylic oxidation sites excluding steroid dienone is 1. The molecule has 1 aliphatic heterocycles. The number of hydrogen-bond acceptors (Lipinski definition) is 8. The number of aromatic hydroxyl groups is 1. The summed E-state index contributed by atoms with van der Waals surface area (Å²) in [5.74, 6) is 1.46. The van der Waals surface area contributed by atoms with Gasteiger partial charge in [-0.15, -0.1) is 0 Å². The Morgan fingerprint density at radius 3 is 2.62 bits per heavy atom. The van der Waals surface area contributed by atoms with Crippen LogP contribution in [-0.4, -0.2) is 77.1 Å². The number of aryl methyl sites for hydroxylation is 1. The van der Waals surface area contributed by atoms with E-state index in [0.29, 0.717) is 29.9 Å². The Kier molecular flexibility index (Phi) is 14.0. The lowest BCUT2D eigenvalue weighted by molar-refractivity contribution is 0.240. The maximum atomic E-state index is 13.0. The summed E-state index contributed by atoms with van der Waals surface area (Å²) in [7, 11) is 4.01. The molecule has 2 amide bonds. The summed E-state index contributed by atoms with van der Waals surface area (Å²) < 4.78 is 7.25. The number of likely N-dealkylation sites (tertiary alicyclic amines) is 1. The van der Waals surface area contributed by atoms with E-state index in [1.165, 1.54) is 40.4 Å². The third-order valence-corrected chi connectivity index (χ3v) is 9.19. The molecule has 1 aliphatic carbocycles. The van der Waals surface area contributed by atoms with Gasteiger partial charge in [-0.25, -0.2) is 9.79 Å². The Morgan fingerprint density at radius 2 is 1.88 bits per heavy atom. The van der Waals surface area contributed by atoms with Crippen molar-refractivity contribution in [2.75, 3.05) is 33.8 Å². The monoisotopic (exact) mass is 715 g/mol. The lowest BCUT2D eigenvalue weighted by Crippen LogP contribution is -2.47. The van der Waals surface area contributed by atoms with Crippen molar-refractivity contribution < 1.29 is 17.5 Å². The number of carbonyl (C=O) groups excluding carboxylic acids is 1. The molecule has 0 saturated carbocycles. The van der Waals surface area contributed by atoms with E-state index in [-0.39, 0.29) is 37.5 Å². The summed E-state index contributed by atoms with van der Waals surface area (Å²) in [6.45, 7) is 10.4. The van der Waals surface area contributed by atoms with Gasteiger partial charge in [0.25, 0.3) is 0 Å². The largest absolute Gasteiger partial charge is 0.506 e. The Labute approximate surface area is 311 Å². The van der Waals surface area contributed by atoms with E-state index in [9.17, 15) is 9.90 Å². The third kappa shape index (κ3) is 11.7. The molecule has 0 spiro atoms. The Balaban J connectivity index is 0.000000446. The average molecular weight is 716 g/mol. The quantitative estimate of drug-likeness (QED) is 0.117. The first kappa shape index (κ1) is 39.7. The number of aliphatic imine (C=N–C) groups is 1. The van der Waals surface area contributed by atoms with Crippen LogP contribution in [0.4, 0.5) is 10.5 Å². The number of piperidine rings is 1. The van der Waals surface area contributed by atoms with Gasteiger partial charge in [-0.2, -0.15) is 0 Å². The number of nitrogens with one attached hydrogen (secondary N) is 4. The summed E-state index contributed by atoms with van der Waals surface area (Å²) >= 11 is 0. The minimum absolute atomic E-state index is 0. The van der Waals surface area contributed by atoms with Gasteiger partial charge in [0.2, 0.25) is 5.96 Å². The molecule has 3 aromatic rings. The van der Waals surface area contributed by atoms with E-state index in [1.54, 1.807) is 6.08 Å². The number of amides is 2. The second kappa shape index (κ2) is 18.4. The molecular formula is C40H61N9O3. The smallest absolute Gasteiger partial charge is 0.320 e. The molecule has 2 atom stereocenters. The topological polar surface area (TPSA) is 168 Å². The van der Waals surface area contributed by atoms with Crippen LogP contribution in [-0.2, 0) is 6.42 Å². The van der Waals surface area contributed by atoms with Crippen molar-refractivity contribution in [2.45, 2.75) is 78.3 Å². The number of aromatic nitrogens is 1. The van der Waals surface area contributed by atoms with Gasteiger partial charge in [0.1, 0.15) is 29.4 Å². The molecule has 0 unspecified atom stereocenters. The molecule has 7 N–H and O–H groups in total. The number of rotatable bonds is 7. The number of carbonyl (C=O) groups is 1. The minimum atomic E-state index is -0.304. The SMILES string of the molecule is CN(C)CCOc1cccc(N=C(/C=C(\N)C(C)(C)C)NC(=O)N[C@H]2CCCc3ccccc32)c1.C[C@H]1CCCCN1C(=N)n1cc(O)ccc1=N.[HH].[HH]. The first-order valence-electron chi connectivity index (χ1n) is 18.1. The zero-order valence-corrected chi connectivity index (χ0v) is 31.6. The number of pyridine rings is 1. The minimum Gasteiger partial charge on any atom is -0.506 e. The molecule has 5 rings (SSSR count). The molecule has 2 aromatic carbocycles. The fourth-order valence-electron chi connectivity index (χ4n) is 6.02. The second-order valence-corrected chi connectivity index (χ2v) is 14.7. The van der Waals surface area contributed by atoms with E-state index < -0.39 is 0 Å². The van der Waals surface area contributed by atoms with Crippen molar-refractivity contribution in [3.63, 3.8) is 0 Å². The van der Waals surface area contributed by atoms with Crippen LogP contribution in [0.5, 0.6) is 11.5 Å². The van der Waals surface area contributed by atoms with E-state index in [2.05, 4.69) is 34.6 Å². The maximum absolute atomic E-state index is 13.0. The predicted octanol–water partition coefficient (Wildman–Crippen LogP) is 6.74. The van der Waals surface area contributed by atoms with E-state index >= 15 is 0 Å². The number of fused-ring (bicyclic) bond motifs is 1. The number of urea groups is 1. The summed E-state index contributed by atoms with van der Waals surface area (Å²) in [5, 5.41) is 31.4. The van der Waals surface area contributed by atoms with Crippen molar-refractivity contribution in [1.29, 1.82) is 10.8 Å². The van der Waals surface area contributed by atoms with Crippen LogP contribution in [0.15, 0.2) is 83.6 Å². The fourth-order valence-corrected chi connectivity index (χ4v) is 6.02. The highest BCUT2D eigenvalue weighted by Gasteiger charge is 2.23. The van der Waals surface area contributed by atoms with Crippen molar-refractivity contribution in [2.24, 2.45) is 16.1 Å². The molecular weight excluding hydrogens is 654 g/mol. The summed E-state index contributed by atoms with van der Waals surface area (Å²) in [5.41, 5.74) is 10.0. The number of ether oxygens (including phenoxy) is 1. The van der Waals surface area contributed by atoms with Gasteiger partial charge in [0.05, 0.1) is 17.9 Å². The average Bonchev–Trinajstić information content (AvgIpc) is 3.09. The predicted molar refractivity (Wildman–Crippen MR) is 212 cm³/mol. The van der Waals surface area contributed by atoms with Gasteiger partial charge < -0.3 is 30.7 Å². The van der Waals surface area contributed by atoms with Crippen LogP contribution >= 0.6 is 0 Å². The molecule has 12 heteroatoms. The zero-order valence-electron chi connectivity index (χ0n) is 31.6. The van der Waals surface area contributed by atoms with Crippen LogP contribution in [0.25, 0.3) is 0 Å². The summed E-state index contributed by atoms with van der Waals surface area (Å²) in [6, 6.07) is 18.8. The number of nitrogens with two attached hydrogens (primary N) is 1. The molecule has 284 valence electrons. The van der Waals surface area contributed by atoms with E-state index in [1.807, 2.05) is 76.2 Å². The molecule has 1 saturated heterocycles. The molecule has 2 heterocycles. The Hall–Kier alpha value is -5.10. The first-order chi connectivity index (χ1) is 24.7. The highest BCUT2D eigenvalue weighted by molar-refractivity contribution is 6.05. The molecule has 2 aliphatic rings. The molecule has 12 nitrogen and oxygen atoms in total.